The van der Waals surface area contributed by atoms with E-state index in [2.05, 4.69) is 36.7 Å². The molecule has 0 saturated heterocycles. The molecule has 0 saturated carbocycles. The average molecular weight is 671 g/mol. The molecule has 0 atom stereocenters. The highest BCUT2D eigenvalue weighted by molar-refractivity contribution is 7.34. The lowest BCUT2D eigenvalue weighted by Crippen LogP contribution is -2.01. The zero-order valence-corrected chi connectivity index (χ0v) is 30.6. The summed E-state index contributed by atoms with van der Waals surface area (Å²) < 4.78 is 21.6. The molecule has 5 rings (SSSR count). The summed E-state index contributed by atoms with van der Waals surface area (Å²) in [7, 11) is 0. The molecule has 0 aliphatic carbocycles. The van der Waals surface area contributed by atoms with Crippen LogP contribution in [0.25, 0.3) is 39.0 Å². The Kier molecular flexibility index (Phi) is 14.5. The molecule has 0 spiro atoms. The number of thiophene rings is 4. The molecule has 4 aromatic heterocycles. The van der Waals surface area contributed by atoms with Crippen LogP contribution in [0, 0.1) is 0 Å². The Morgan fingerprint density at radius 3 is 1.14 bits per heavy atom. The molecule has 1 aromatic carbocycles. The summed E-state index contributed by atoms with van der Waals surface area (Å²) in [5.41, 5.74) is 0. The quantitative estimate of drug-likeness (QED) is 0.0608. The van der Waals surface area contributed by atoms with Crippen molar-refractivity contribution in [3.8, 4) is 11.5 Å². The summed E-state index contributed by atoms with van der Waals surface area (Å²) in [6.07, 6.45) is 26.9. The second-order valence-corrected chi connectivity index (χ2v) is 16.5. The Bertz CT molecular complexity index is 1410. The zero-order valence-electron chi connectivity index (χ0n) is 27.3. The van der Waals surface area contributed by atoms with Gasteiger partial charge in [-0.05, 0) is 35.7 Å². The summed E-state index contributed by atoms with van der Waals surface area (Å²) in [5.74, 6) is 2.22. The van der Waals surface area contributed by atoms with Crippen molar-refractivity contribution in [3.63, 3.8) is 0 Å². The van der Waals surface area contributed by atoms with Crippen molar-refractivity contribution in [2.24, 2.45) is 0 Å². The number of hydrogen-bond acceptors (Lipinski definition) is 6. The van der Waals surface area contributed by atoms with Gasteiger partial charge in [0.05, 0.1) is 42.8 Å². The minimum Gasteiger partial charge on any atom is -0.491 e. The molecule has 6 heteroatoms. The van der Waals surface area contributed by atoms with Crippen LogP contribution in [0.2, 0.25) is 0 Å². The normalized spacial score (nSPS) is 12.0. The minimum absolute atomic E-state index is 0.799. The molecule has 0 bridgehead atoms. The Hall–Kier alpha value is -1.34. The summed E-state index contributed by atoms with van der Waals surface area (Å²) in [6, 6.07) is 4.55. The third kappa shape index (κ3) is 8.92. The molecule has 0 radical (unpaired) electrons. The van der Waals surface area contributed by atoms with E-state index in [1.54, 1.807) is 0 Å². The highest BCUT2D eigenvalue weighted by Gasteiger charge is 2.25. The van der Waals surface area contributed by atoms with E-state index in [9.17, 15) is 0 Å². The standard InChI is InChI=1S/C38H54O2S4/c1-3-5-7-9-11-13-15-17-19-21-25-39-33-31-35-29(23-27-41-35)44-38(31)34(32-36-30(24-28-42-36)43-37(32)33)40-26-22-20-18-16-14-12-10-8-6-4-2/h23-24,27-28H,3-22,25-26H2,1-2H3. The van der Waals surface area contributed by atoms with Crippen LogP contribution in [0.5, 0.6) is 11.5 Å². The van der Waals surface area contributed by atoms with Crippen LogP contribution in [-0.2, 0) is 0 Å². The van der Waals surface area contributed by atoms with Gasteiger partial charge >= 0.3 is 0 Å². The molecule has 242 valence electrons. The van der Waals surface area contributed by atoms with Crippen molar-refractivity contribution in [2.45, 2.75) is 142 Å². The van der Waals surface area contributed by atoms with Crippen LogP contribution >= 0.6 is 45.3 Å². The first-order chi connectivity index (χ1) is 21.8. The van der Waals surface area contributed by atoms with Gasteiger partial charge in [0, 0.05) is 9.40 Å². The van der Waals surface area contributed by atoms with E-state index in [0.29, 0.717) is 0 Å². The maximum Gasteiger partial charge on any atom is 0.147 e. The van der Waals surface area contributed by atoms with Gasteiger partial charge in [-0.2, -0.15) is 0 Å². The van der Waals surface area contributed by atoms with Crippen molar-refractivity contribution in [3.05, 3.63) is 22.9 Å². The third-order valence-corrected chi connectivity index (χ3v) is 13.4. The van der Waals surface area contributed by atoms with Gasteiger partial charge in [0.2, 0.25) is 0 Å². The topological polar surface area (TPSA) is 18.5 Å². The van der Waals surface area contributed by atoms with Gasteiger partial charge < -0.3 is 9.47 Å². The summed E-state index contributed by atoms with van der Waals surface area (Å²) in [5, 5.41) is 7.06. The van der Waals surface area contributed by atoms with Crippen LogP contribution in [0.4, 0.5) is 0 Å². The van der Waals surface area contributed by atoms with Gasteiger partial charge in [0.1, 0.15) is 11.5 Å². The fraction of sp³-hybridized carbons (Fsp3) is 0.632. The Balaban J connectivity index is 1.22. The minimum atomic E-state index is 0.799. The molecule has 2 nitrogen and oxygen atoms in total. The number of fused-ring (bicyclic) bond motifs is 6. The first-order valence-corrected chi connectivity index (χ1v) is 21.2. The summed E-state index contributed by atoms with van der Waals surface area (Å²) in [4.78, 5) is 0. The summed E-state index contributed by atoms with van der Waals surface area (Å²) in [6.45, 7) is 6.19. The number of hydrogen-bond donors (Lipinski definition) is 0. The molecule has 0 aliphatic rings. The maximum absolute atomic E-state index is 6.78. The highest BCUT2D eigenvalue weighted by atomic mass is 32.1. The first-order valence-electron chi connectivity index (χ1n) is 17.8. The lowest BCUT2D eigenvalue weighted by molar-refractivity contribution is 0.307. The third-order valence-electron chi connectivity index (χ3n) is 8.95. The van der Waals surface area contributed by atoms with Crippen LogP contribution in [0.1, 0.15) is 142 Å². The van der Waals surface area contributed by atoms with E-state index in [1.165, 1.54) is 155 Å². The van der Waals surface area contributed by atoms with E-state index < -0.39 is 0 Å². The molecule has 0 unspecified atom stereocenters. The van der Waals surface area contributed by atoms with E-state index in [-0.39, 0.29) is 0 Å². The molecule has 0 N–H and O–H groups in total. The van der Waals surface area contributed by atoms with Crippen LogP contribution in [0.3, 0.4) is 0 Å². The molecule has 0 amide bonds. The molecule has 4 heterocycles. The molecular weight excluding hydrogens is 617 g/mol. The van der Waals surface area contributed by atoms with Gasteiger partial charge in [-0.3, -0.25) is 0 Å². The Labute approximate surface area is 282 Å². The second-order valence-electron chi connectivity index (χ2n) is 12.6. The number of benzene rings is 1. The lowest BCUT2D eigenvalue weighted by atomic mass is 10.1. The maximum atomic E-state index is 6.78. The first kappa shape index (κ1) is 34.0. The Morgan fingerprint density at radius 2 is 0.773 bits per heavy atom. The van der Waals surface area contributed by atoms with Crippen LogP contribution in [-0.4, -0.2) is 13.2 Å². The summed E-state index contributed by atoms with van der Waals surface area (Å²) >= 11 is 7.49. The predicted molar refractivity (Wildman–Crippen MR) is 203 cm³/mol. The van der Waals surface area contributed by atoms with Crippen molar-refractivity contribution >= 4 is 84.3 Å². The van der Waals surface area contributed by atoms with Gasteiger partial charge in [0.25, 0.3) is 0 Å². The molecule has 0 aliphatic heterocycles. The smallest absolute Gasteiger partial charge is 0.147 e. The van der Waals surface area contributed by atoms with Crippen LogP contribution in [0.15, 0.2) is 22.9 Å². The number of unbranched alkanes of at least 4 members (excludes halogenated alkanes) is 18. The number of ether oxygens (including phenoxy) is 2. The predicted octanol–water partition coefficient (Wildman–Crippen LogP) is 15.1. The largest absolute Gasteiger partial charge is 0.491 e. The average Bonchev–Trinajstić information content (AvgIpc) is 3.81. The van der Waals surface area contributed by atoms with E-state index >= 15 is 0 Å². The zero-order chi connectivity index (χ0) is 30.4. The van der Waals surface area contributed by atoms with E-state index in [1.807, 2.05) is 45.3 Å². The SMILES string of the molecule is CCCCCCCCCCCCOc1c2sc3ccsc3c2c(OCCCCCCCCCCCC)c2sc3ccsc3c12. The molecule has 5 aromatic rings. The van der Waals surface area contributed by atoms with E-state index in [0.717, 1.165) is 37.6 Å². The molecular formula is C38H54O2S4. The fourth-order valence-corrected chi connectivity index (χ4v) is 11.1. The number of rotatable bonds is 24. The van der Waals surface area contributed by atoms with Crippen molar-refractivity contribution in [1.82, 2.24) is 0 Å². The van der Waals surface area contributed by atoms with Gasteiger partial charge in [-0.25, -0.2) is 0 Å². The van der Waals surface area contributed by atoms with Crippen molar-refractivity contribution < 1.29 is 9.47 Å². The fourth-order valence-electron chi connectivity index (χ4n) is 6.41. The van der Waals surface area contributed by atoms with Gasteiger partial charge in [-0.1, -0.05) is 129 Å². The monoisotopic (exact) mass is 670 g/mol. The molecule has 44 heavy (non-hydrogen) atoms. The highest BCUT2D eigenvalue weighted by Crippen LogP contribution is 2.56. The van der Waals surface area contributed by atoms with Gasteiger partial charge in [-0.15, -0.1) is 45.3 Å². The molecule has 0 fully saturated rings. The Morgan fingerprint density at radius 1 is 0.432 bits per heavy atom. The van der Waals surface area contributed by atoms with Gasteiger partial charge in [0.15, 0.2) is 0 Å². The van der Waals surface area contributed by atoms with Crippen molar-refractivity contribution in [2.75, 3.05) is 13.2 Å². The van der Waals surface area contributed by atoms with Crippen LogP contribution < -0.4 is 9.47 Å². The lowest BCUT2D eigenvalue weighted by Gasteiger charge is -2.14. The van der Waals surface area contributed by atoms with Crippen molar-refractivity contribution in [1.29, 1.82) is 0 Å². The second kappa shape index (κ2) is 18.7. The van der Waals surface area contributed by atoms with E-state index in [4.69, 9.17) is 9.47 Å².